The zero-order chi connectivity index (χ0) is 11.7. The Balaban J connectivity index is 3.37. The van der Waals surface area contributed by atoms with E-state index in [2.05, 4.69) is 0 Å². The molecule has 5 nitrogen and oxygen atoms in total. The first-order valence-electron chi connectivity index (χ1n) is 5.05. The van der Waals surface area contributed by atoms with Gasteiger partial charge in [0.15, 0.2) is 6.10 Å². The van der Waals surface area contributed by atoms with Crippen LogP contribution >= 0.6 is 0 Å². The molecule has 0 aliphatic rings. The van der Waals surface area contributed by atoms with Gasteiger partial charge in [0.25, 0.3) is 0 Å². The van der Waals surface area contributed by atoms with Gasteiger partial charge in [0.05, 0.1) is 0 Å². The van der Waals surface area contributed by atoms with Crippen molar-refractivity contribution >= 4 is 11.9 Å². The van der Waals surface area contributed by atoms with Crippen molar-refractivity contribution < 1.29 is 24.5 Å². The van der Waals surface area contributed by atoms with E-state index in [1.54, 1.807) is 0 Å². The maximum absolute atomic E-state index is 10.5. The molecule has 0 saturated carbocycles. The minimum Gasteiger partial charge on any atom is -0.481 e. The SMILES string of the molecule is COC(CCCCCCC(=O)O)C(=O)O. The number of hydrogen-bond donors (Lipinski definition) is 2. The Morgan fingerprint density at radius 2 is 1.73 bits per heavy atom. The van der Waals surface area contributed by atoms with Gasteiger partial charge in [0.1, 0.15) is 0 Å². The van der Waals surface area contributed by atoms with Gasteiger partial charge in [-0.05, 0) is 12.8 Å². The first-order valence-corrected chi connectivity index (χ1v) is 5.05. The standard InChI is InChI=1S/C10H18O5/c1-15-8(10(13)14)6-4-2-3-5-7-9(11)12/h8H,2-7H2,1H3,(H,11,12)(H,13,14). The largest absolute Gasteiger partial charge is 0.481 e. The molecule has 0 aliphatic heterocycles. The molecule has 0 aromatic rings. The molecule has 0 aromatic heterocycles. The minimum absolute atomic E-state index is 0.187. The average molecular weight is 218 g/mol. The van der Waals surface area contributed by atoms with Gasteiger partial charge < -0.3 is 14.9 Å². The summed E-state index contributed by atoms with van der Waals surface area (Å²) in [5.74, 6) is -1.72. The van der Waals surface area contributed by atoms with E-state index in [9.17, 15) is 9.59 Å². The highest BCUT2D eigenvalue weighted by Gasteiger charge is 2.14. The van der Waals surface area contributed by atoms with Crippen LogP contribution in [0.3, 0.4) is 0 Å². The third kappa shape index (κ3) is 7.93. The third-order valence-corrected chi connectivity index (χ3v) is 2.17. The van der Waals surface area contributed by atoms with Crippen molar-refractivity contribution in [3.05, 3.63) is 0 Å². The van der Waals surface area contributed by atoms with Crippen LogP contribution < -0.4 is 0 Å². The smallest absolute Gasteiger partial charge is 0.332 e. The number of carboxylic acid groups (broad SMARTS) is 2. The molecule has 0 rings (SSSR count). The highest BCUT2D eigenvalue weighted by Crippen LogP contribution is 2.09. The summed E-state index contributed by atoms with van der Waals surface area (Å²) in [4.78, 5) is 20.7. The Hall–Kier alpha value is -1.10. The number of rotatable bonds is 9. The summed E-state index contributed by atoms with van der Waals surface area (Å²) < 4.78 is 4.76. The molecule has 0 spiro atoms. The summed E-state index contributed by atoms with van der Waals surface area (Å²) in [6.45, 7) is 0. The summed E-state index contributed by atoms with van der Waals surface area (Å²) in [6, 6.07) is 0. The summed E-state index contributed by atoms with van der Waals surface area (Å²) >= 11 is 0. The second-order valence-corrected chi connectivity index (χ2v) is 3.41. The fraction of sp³-hybridized carbons (Fsp3) is 0.800. The van der Waals surface area contributed by atoms with Crippen LogP contribution in [-0.4, -0.2) is 35.4 Å². The predicted octanol–water partition coefficient (Wildman–Crippen LogP) is 1.51. The quantitative estimate of drug-likeness (QED) is 0.573. The van der Waals surface area contributed by atoms with Crippen LogP contribution in [0.15, 0.2) is 0 Å². The number of aliphatic carboxylic acids is 2. The van der Waals surface area contributed by atoms with Crippen molar-refractivity contribution in [1.29, 1.82) is 0 Å². The zero-order valence-electron chi connectivity index (χ0n) is 8.94. The Bertz CT molecular complexity index is 202. The van der Waals surface area contributed by atoms with Gasteiger partial charge in [-0.25, -0.2) is 4.79 Å². The number of methoxy groups -OCH3 is 1. The highest BCUT2D eigenvalue weighted by molar-refractivity contribution is 5.72. The van der Waals surface area contributed by atoms with Crippen LogP contribution in [0.5, 0.6) is 0 Å². The molecule has 1 atom stereocenters. The Kier molecular flexibility index (Phi) is 7.62. The maximum atomic E-state index is 10.5. The molecule has 0 fully saturated rings. The maximum Gasteiger partial charge on any atom is 0.332 e. The Morgan fingerprint density at radius 3 is 2.20 bits per heavy atom. The first-order chi connectivity index (χ1) is 7.07. The molecule has 0 aliphatic carbocycles. The molecule has 0 bridgehead atoms. The van der Waals surface area contributed by atoms with Crippen LogP contribution in [-0.2, 0) is 14.3 Å². The number of ether oxygens (including phenoxy) is 1. The monoisotopic (exact) mass is 218 g/mol. The molecule has 88 valence electrons. The number of hydrogen-bond acceptors (Lipinski definition) is 3. The lowest BCUT2D eigenvalue weighted by Crippen LogP contribution is -2.21. The summed E-state index contributed by atoms with van der Waals surface area (Å²) in [6.07, 6.45) is 3.02. The molecule has 0 radical (unpaired) electrons. The van der Waals surface area contributed by atoms with Crippen LogP contribution in [0, 0.1) is 0 Å². The molecule has 0 saturated heterocycles. The average Bonchev–Trinajstić information content (AvgIpc) is 2.15. The van der Waals surface area contributed by atoms with E-state index in [0.29, 0.717) is 12.8 Å². The normalized spacial score (nSPS) is 12.3. The third-order valence-electron chi connectivity index (χ3n) is 2.17. The van der Waals surface area contributed by atoms with E-state index in [1.165, 1.54) is 7.11 Å². The van der Waals surface area contributed by atoms with Gasteiger partial charge in [-0.1, -0.05) is 19.3 Å². The van der Waals surface area contributed by atoms with Gasteiger partial charge >= 0.3 is 11.9 Å². The molecule has 1 unspecified atom stereocenters. The molecule has 5 heteroatoms. The van der Waals surface area contributed by atoms with Gasteiger partial charge in [-0.2, -0.15) is 0 Å². The number of carbonyl (C=O) groups is 2. The first kappa shape index (κ1) is 13.9. The summed E-state index contributed by atoms with van der Waals surface area (Å²) in [5.41, 5.74) is 0. The molecular weight excluding hydrogens is 200 g/mol. The van der Waals surface area contributed by atoms with E-state index >= 15 is 0 Å². The Labute approximate surface area is 89.0 Å². The summed E-state index contributed by atoms with van der Waals surface area (Å²) in [5, 5.41) is 17.0. The van der Waals surface area contributed by atoms with Crippen molar-refractivity contribution in [2.45, 2.75) is 44.6 Å². The van der Waals surface area contributed by atoms with Crippen molar-refractivity contribution in [3.8, 4) is 0 Å². The lowest BCUT2D eigenvalue weighted by Gasteiger charge is -2.09. The molecular formula is C10H18O5. The second-order valence-electron chi connectivity index (χ2n) is 3.41. The number of unbranched alkanes of at least 4 members (excludes halogenated alkanes) is 3. The van der Waals surface area contributed by atoms with E-state index in [0.717, 1.165) is 19.3 Å². The molecule has 0 heterocycles. The van der Waals surface area contributed by atoms with Crippen molar-refractivity contribution in [1.82, 2.24) is 0 Å². The molecule has 15 heavy (non-hydrogen) atoms. The van der Waals surface area contributed by atoms with Gasteiger partial charge in [-0.15, -0.1) is 0 Å². The van der Waals surface area contributed by atoms with Crippen LogP contribution in [0.25, 0.3) is 0 Å². The Morgan fingerprint density at radius 1 is 1.13 bits per heavy atom. The minimum atomic E-state index is -0.942. The second kappa shape index (κ2) is 8.23. The molecule has 0 aromatic carbocycles. The van der Waals surface area contributed by atoms with Crippen molar-refractivity contribution in [2.75, 3.05) is 7.11 Å². The van der Waals surface area contributed by atoms with Crippen LogP contribution in [0.4, 0.5) is 0 Å². The summed E-state index contributed by atoms with van der Waals surface area (Å²) in [7, 11) is 1.38. The lowest BCUT2D eigenvalue weighted by atomic mass is 10.1. The van der Waals surface area contributed by atoms with Crippen molar-refractivity contribution in [3.63, 3.8) is 0 Å². The van der Waals surface area contributed by atoms with E-state index < -0.39 is 18.0 Å². The van der Waals surface area contributed by atoms with Gasteiger partial charge in [-0.3, -0.25) is 4.79 Å². The van der Waals surface area contributed by atoms with Crippen LogP contribution in [0.1, 0.15) is 38.5 Å². The van der Waals surface area contributed by atoms with Crippen molar-refractivity contribution in [2.24, 2.45) is 0 Å². The van der Waals surface area contributed by atoms with E-state index in [-0.39, 0.29) is 6.42 Å². The lowest BCUT2D eigenvalue weighted by molar-refractivity contribution is -0.148. The van der Waals surface area contributed by atoms with Gasteiger partial charge in [0.2, 0.25) is 0 Å². The fourth-order valence-electron chi connectivity index (χ4n) is 1.30. The van der Waals surface area contributed by atoms with Gasteiger partial charge in [0, 0.05) is 13.5 Å². The zero-order valence-corrected chi connectivity index (χ0v) is 8.94. The number of carboxylic acids is 2. The fourth-order valence-corrected chi connectivity index (χ4v) is 1.30. The van der Waals surface area contributed by atoms with E-state index in [1.807, 2.05) is 0 Å². The highest BCUT2D eigenvalue weighted by atomic mass is 16.5. The topological polar surface area (TPSA) is 83.8 Å². The van der Waals surface area contributed by atoms with Crippen LogP contribution in [0.2, 0.25) is 0 Å². The predicted molar refractivity (Wildman–Crippen MR) is 53.8 cm³/mol. The van der Waals surface area contributed by atoms with E-state index in [4.69, 9.17) is 14.9 Å². The molecule has 0 amide bonds. The molecule has 2 N–H and O–H groups in total.